The number of halogens is 6. The van der Waals surface area contributed by atoms with Gasteiger partial charge in [-0.05, 0) is 40.2 Å². The smallest absolute Gasteiger partial charge is 0.405 e. The van der Waals surface area contributed by atoms with Crippen molar-refractivity contribution in [2.45, 2.75) is 12.3 Å². The molecule has 0 unspecified atom stereocenters. The zero-order valence-electron chi connectivity index (χ0n) is 18.3. The van der Waals surface area contributed by atoms with E-state index in [1.165, 1.54) is 24.4 Å². The van der Waals surface area contributed by atoms with Crippen LogP contribution in [0.15, 0.2) is 41.0 Å². The largest absolute Gasteiger partial charge is 0.471 e. The molecule has 1 saturated heterocycles. The highest BCUT2D eigenvalue weighted by Gasteiger charge is 2.31. The maximum Gasteiger partial charge on any atom is 0.405 e. The van der Waals surface area contributed by atoms with Crippen LogP contribution >= 0.6 is 39.1 Å². The highest BCUT2D eigenvalue weighted by Crippen LogP contribution is 2.32. The van der Waals surface area contributed by atoms with Gasteiger partial charge in [0, 0.05) is 32.6 Å². The lowest BCUT2D eigenvalue weighted by atomic mass is 10.1. The Labute approximate surface area is 228 Å². The van der Waals surface area contributed by atoms with E-state index in [1.54, 1.807) is 11.4 Å². The lowest BCUT2D eigenvalue weighted by Crippen LogP contribution is -2.41. The normalized spacial score (nSPS) is 17.1. The summed E-state index contributed by atoms with van der Waals surface area (Å²) in [6, 6.07) is 6.88. The number of alkyl halides is 3. The van der Waals surface area contributed by atoms with Crippen molar-refractivity contribution in [2.24, 2.45) is 0 Å². The second kappa shape index (κ2) is 11.0. The molecule has 196 valence electrons. The van der Waals surface area contributed by atoms with Crippen LogP contribution in [0.25, 0.3) is 5.82 Å². The third-order valence-electron chi connectivity index (χ3n) is 4.88. The van der Waals surface area contributed by atoms with Gasteiger partial charge in [0.05, 0.1) is 27.8 Å². The molecule has 37 heavy (non-hydrogen) atoms. The Morgan fingerprint density at radius 3 is 2.59 bits per heavy atom. The third kappa shape index (κ3) is 6.61. The first-order valence-electron chi connectivity index (χ1n) is 10.3. The fourth-order valence-corrected chi connectivity index (χ4v) is 5.19. The van der Waals surface area contributed by atoms with Crippen LogP contribution in [-0.2, 0) is 10.8 Å². The molecule has 2 amide bonds. The van der Waals surface area contributed by atoms with Crippen LogP contribution in [0.3, 0.4) is 0 Å². The molecule has 2 N–H and O–H groups in total. The lowest BCUT2D eigenvalue weighted by Gasteiger charge is -2.24. The van der Waals surface area contributed by atoms with Gasteiger partial charge in [0.25, 0.3) is 11.8 Å². The number of pyridine rings is 1. The number of benzene rings is 1. The molecule has 0 radical (unpaired) electrons. The second-order valence-corrected chi connectivity index (χ2v) is 10.9. The van der Waals surface area contributed by atoms with Gasteiger partial charge >= 0.3 is 6.18 Å². The predicted molar refractivity (Wildman–Crippen MR) is 134 cm³/mol. The van der Waals surface area contributed by atoms with Crippen LogP contribution in [0.5, 0.6) is 5.88 Å². The number of nitrogens with zero attached hydrogens (tertiary/aromatic N) is 3. The Balaban J connectivity index is 1.68. The molecule has 0 aliphatic carbocycles. The minimum atomic E-state index is -4.65. The number of carbonyl (C=O) groups is 2. The molecule has 0 saturated carbocycles. The van der Waals surface area contributed by atoms with Crippen molar-refractivity contribution in [3.8, 4) is 11.7 Å². The van der Waals surface area contributed by atoms with Crippen LogP contribution in [0.1, 0.15) is 20.8 Å². The number of amides is 2. The highest BCUT2D eigenvalue weighted by molar-refractivity contribution is 9.10. The number of ether oxygens (including phenoxy) is 1. The number of hydrogen-bond donors (Lipinski definition) is 2. The molecule has 1 fully saturated rings. The summed E-state index contributed by atoms with van der Waals surface area (Å²) in [4.78, 5) is 30.0. The minimum absolute atomic E-state index is 0.0342. The summed E-state index contributed by atoms with van der Waals surface area (Å²) in [5.41, 5.74) is -0.558. The summed E-state index contributed by atoms with van der Waals surface area (Å²) in [5.74, 6) is -1.17. The number of carbonyl (C=O) groups excluding carboxylic acids is 2. The van der Waals surface area contributed by atoms with Gasteiger partial charge in [0.1, 0.15) is 18.3 Å². The number of aromatic nitrogens is 3. The summed E-state index contributed by atoms with van der Waals surface area (Å²) in [6.07, 6.45) is -3.57. The molecular weight excluding hydrogens is 626 g/mol. The summed E-state index contributed by atoms with van der Waals surface area (Å²) >= 11 is 15.4. The van der Waals surface area contributed by atoms with E-state index < -0.39 is 35.3 Å². The molecule has 3 heterocycles. The first kappa shape index (κ1) is 27.4. The van der Waals surface area contributed by atoms with E-state index in [9.17, 15) is 27.0 Å². The second-order valence-electron chi connectivity index (χ2n) is 7.66. The van der Waals surface area contributed by atoms with E-state index in [1.807, 2.05) is 0 Å². The van der Waals surface area contributed by atoms with E-state index >= 15 is 0 Å². The standard InChI is InChI=1S/C21H15BrCl2F3N5O4S/c22-13-5-10(23)4-12(19(33)29-9-21(25,26)27)17(13)30-20(34)15-6-16(36-11-7-37(35)8-11)31-32(15)18-14(24)2-1-3-28-18/h1-6,11H,7-9H2,(H,29,33)(H,30,34). The van der Waals surface area contributed by atoms with Crippen LogP contribution in [0.4, 0.5) is 18.9 Å². The van der Waals surface area contributed by atoms with Crippen molar-refractivity contribution in [2.75, 3.05) is 23.4 Å². The topological polar surface area (TPSA) is 115 Å². The van der Waals surface area contributed by atoms with Crippen molar-refractivity contribution < 1.29 is 31.7 Å². The van der Waals surface area contributed by atoms with Crippen LogP contribution in [0, 0.1) is 0 Å². The van der Waals surface area contributed by atoms with Gasteiger partial charge in [-0.3, -0.25) is 13.8 Å². The molecule has 2 aromatic heterocycles. The van der Waals surface area contributed by atoms with E-state index in [4.69, 9.17) is 27.9 Å². The average molecular weight is 641 g/mol. The molecule has 0 spiro atoms. The molecule has 4 rings (SSSR count). The van der Waals surface area contributed by atoms with E-state index in [-0.39, 0.29) is 49.3 Å². The number of rotatable bonds is 7. The maximum absolute atomic E-state index is 13.4. The Morgan fingerprint density at radius 1 is 1.22 bits per heavy atom. The van der Waals surface area contributed by atoms with Gasteiger partial charge in [-0.15, -0.1) is 5.10 Å². The molecule has 9 nitrogen and oxygen atoms in total. The number of hydrogen-bond acceptors (Lipinski definition) is 6. The first-order chi connectivity index (χ1) is 17.4. The van der Waals surface area contributed by atoms with Crippen molar-refractivity contribution in [3.63, 3.8) is 0 Å². The monoisotopic (exact) mass is 639 g/mol. The molecule has 0 atom stereocenters. The summed E-state index contributed by atoms with van der Waals surface area (Å²) in [6.45, 7) is -1.58. The van der Waals surface area contributed by atoms with Gasteiger partial charge in [-0.25, -0.2) is 9.67 Å². The summed E-state index contributed by atoms with van der Waals surface area (Å²) < 4.78 is 56.2. The van der Waals surface area contributed by atoms with Crippen LogP contribution in [0.2, 0.25) is 10.0 Å². The Bertz CT molecular complexity index is 1400. The summed E-state index contributed by atoms with van der Waals surface area (Å²) in [5, 5.41) is 8.72. The quantitative estimate of drug-likeness (QED) is 0.396. The number of nitrogens with one attached hydrogen (secondary N) is 2. The van der Waals surface area contributed by atoms with Crippen LogP contribution in [-0.4, -0.2) is 61.1 Å². The van der Waals surface area contributed by atoms with Crippen molar-refractivity contribution >= 4 is 67.4 Å². The molecule has 1 aliphatic heterocycles. The van der Waals surface area contributed by atoms with Gasteiger partial charge in [0.2, 0.25) is 5.88 Å². The zero-order valence-corrected chi connectivity index (χ0v) is 22.2. The highest BCUT2D eigenvalue weighted by atomic mass is 79.9. The van der Waals surface area contributed by atoms with Crippen LogP contribution < -0.4 is 15.4 Å². The van der Waals surface area contributed by atoms with E-state index in [0.29, 0.717) is 11.5 Å². The van der Waals surface area contributed by atoms with Gasteiger partial charge in [-0.1, -0.05) is 23.2 Å². The SMILES string of the molecule is O=C(NCC(F)(F)F)c1cc(Cl)cc(Br)c1NC(=O)c1cc(OC2CS(=O)C2)nn1-c1ncccc1Cl. The summed E-state index contributed by atoms with van der Waals surface area (Å²) in [7, 11) is -0.985. The molecule has 0 bridgehead atoms. The van der Waals surface area contributed by atoms with E-state index in [2.05, 4.69) is 31.3 Å². The maximum atomic E-state index is 13.4. The van der Waals surface area contributed by atoms with E-state index in [0.717, 1.165) is 10.7 Å². The van der Waals surface area contributed by atoms with Crippen molar-refractivity contribution in [1.29, 1.82) is 0 Å². The molecule has 1 aliphatic rings. The predicted octanol–water partition coefficient (Wildman–Crippen LogP) is 4.39. The van der Waals surface area contributed by atoms with Crippen molar-refractivity contribution in [3.05, 3.63) is 62.3 Å². The van der Waals surface area contributed by atoms with Gasteiger partial charge in [-0.2, -0.15) is 13.2 Å². The number of anilines is 1. The fourth-order valence-electron chi connectivity index (χ4n) is 3.21. The Kier molecular flexibility index (Phi) is 8.11. The minimum Gasteiger partial charge on any atom is -0.471 e. The average Bonchev–Trinajstić information content (AvgIpc) is 3.21. The fraction of sp³-hybridized carbons (Fsp3) is 0.238. The van der Waals surface area contributed by atoms with Crippen molar-refractivity contribution in [1.82, 2.24) is 20.1 Å². The van der Waals surface area contributed by atoms with Gasteiger partial charge < -0.3 is 15.4 Å². The molecule has 16 heteroatoms. The molecular formula is C21H15BrCl2F3N5O4S. The molecule has 3 aromatic rings. The lowest BCUT2D eigenvalue weighted by molar-refractivity contribution is -0.123. The Morgan fingerprint density at radius 2 is 1.95 bits per heavy atom. The van der Waals surface area contributed by atoms with Gasteiger partial charge in [0.15, 0.2) is 5.82 Å². The first-order valence-corrected chi connectivity index (χ1v) is 13.3. The molecule has 1 aromatic carbocycles. The zero-order chi connectivity index (χ0) is 26.9. The third-order valence-corrected chi connectivity index (χ3v) is 7.50. The Hall–Kier alpha value is -2.68.